The standard InChI is InChI=1S/C17H29N3O3S/c1-3-5-7-14(4-2)12-17(21)20-15-8-6-9-16(13-15)24(22,23)19-11-10-18/h6,8-9,13-14,19H,3-5,7,10-12,18H2,1-2H3,(H,20,21). The summed E-state index contributed by atoms with van der Waals surface area (Å²) in [6, 6.07) is 6.25. The third kappa shape index (κ3) is 6.98. The Hall–Kier alpha value is -1.44. The zero-order valence-electron chi connectivity index (χ0n) is 14.5. The first-order chi connectivity index (χ1) is 11.4. The molecule has 136 valence electrons. The van der Waals surface area contributed by atoms with Crippen LogP contribution in [0.2, 0.25) is 0 Å². The second kappa shape index (κ2) is 10.4. The molecule has 0 aliphatic carbocycles. The maximum absolute atomic E-state index is 12.2. The molecule has 0 aliphatic rings. The molecule has 0 fully saturated rings. The summed E-state index contributed by atoms with van der Waals surface area (Å²) in [4.78, 5) is 12.3. The molecule has 24 heavy (non-hydrogen) atoms. The fourth-order valence-corrected chi connectivity index (χ4v) is 3.53. The van der Waals surface area contributed by atoms with Gasteiger partial charge in [-0.15, -0.1) is 0 Å². The summed E-state index contributed by atoms with van der Waals surface area (Å²) in [5, 5.41) is 2.80. The molecule has 0 heterocycles. The zero-order chi connectivity index (χ0) is 18.0. The van der Waals surface area contributed by atoms with E-state index in [4.69, 9.17) is 5.73 Å². The van der Waals surface area contributed by atoms with Gasteiger partial charge in [-0.05, 0) is 30.5 Å². The quantitative estimate of drug-likeness (QED) is 0.567. The Morgan fingerprint density at radius 2 is 2.04 bits per heavy atom. The van der Waals surface area contributed by atoms with Crippen LogP contribution in [-0.2, 0) is 14.8 Å². The van der Waals surface area contributed by atoms with E-state index in [1.54, 1.807) is 12.1 Å². The van der Waals surface area contributed by atoms with E-state index in [1.165, 1.54) is 12.1 Å². The number of nitrogens with one attached hydrogen (secondary N) is 2. The van der Waals surface area contributed by atoms with E-state index >= 15 is 0 Å². The summed E-state index contributed by atoms with van der Waals surface area (Å²) in [5.74, 6) is 0.283. The highest BCUT2D eigenvalue weighted by Gasteiger charge is 2.15. The van der Waals surface area contributed by atoms with Gasteiger partial charge in [0.15, 0.2) is 0 Å². The van der Waals surface area contributed by atoms with Gasteiger partial charge in [-0.25, -0.2) is 13.1 Å². The molecule has 6 nitrogen and oxygen atoms in total. The summed E-state index contributed by atoms with van der Waals surface area (Å²) >= 11 is 0. The van der Waals surface area contributed by atoms with Gasteiger partial charge in [-0.3, -0.25) is 4.79 Å². The molecule has 0 saturated heterocycles. The van der Waals surface area contributed by atoms with Crippen LogP contribution in [-0.4, -0.2) is 27.4 Å². The molecule has 4 N–H and O–H groups in total. The average Bonchev–Trinajstić information content (AvgIpc) is 2.57. The number of anilines is 1. The Kier molecular flexibility index (Phi) is 8.95. The van der Waals surface area contributed by atoms with E-state index in [0.717, 1.165) is 25.7 Å². The molecule has 0 aliphatic heterocycles. The first-order valence-corrected chi connectivity index (χ1v) is 10.0. The summed E-state index contributed by atoms with van der Waals surface area (Å²) in [7, 11) is -3.60. The smallest absolute Gasteiger partial charge is 0.240 e. The van der Waals surface area contributed by atoms with Crippen LogP contribution in [0.4, 0.5) is 5.69 Å². The van der Waals surface area contributed by atoms with Crippen molar-refractivity contribution in [2.45, 2.75) is 50.8 Å². The van der Waals surface area contributed by atoms with Crippen LogP contribution in [0.5, 0.6) is 0 Å². The minimum absolute atomic E-state index is 0.0811. The van der Waals surface area contributed by atoms with Crippen molar-refractivity contribution in [1.82, 2.24) is 4.72 Å². The number of nitrogens with two attached hydrogens (primary N) is 1. The molecule has 0 aromatic heterocycles. The predicted octanol–water partition coefficient (Wildman–Crippen LogP) is 2.47. The van der Waals surface area contributed by atoms with E-state index in [0.29, 0.717) is 18.0 Å². The van der Waals surface area contributed by atoms with E-state index < -0.39 is 10.0 Å². The maximum atomic E-state index is 12.2. The predicted molar refractivity (Wildman–Crippen MR) is 97.2 cm³/mol. The highest BCUT2D eigenvalue weighted by molar-refractivity contribution is 7.89. The minimum atomic E-state index is -3.60. The summed E-state index contributed by atoms with van der Waals surface area (Å²) < 4.78 is 26.6. The van der Waals surface area contributed by atoms with Crippen molar-refractivity contribution >= 4 is 21.6 Å². The van der Waals surface area contributed by atoms with Crippen molar-refractivity contribution in [3.05, 3.63) is 24.3 Å². The second-order valence-electron chi connectivity index (χ2n) is 5.88. The molecule has 1 aromatic rings. The van der Waals surface area contributed by atoms with Gasteiger partial charge in [-0.2, -0.15) is 0 Å². The Morgan fingerprint density at radius 1 is 1.29 bits per heavy atom. The highest BCUT2D eigenvalue weighted by atomic mass is 32.2. The minimum Gasteiger partial charge on any atom is -0.329 e. The van der Waals surface area contributed by atoms with Crippen molar-refractivity contribution in [3.8, 4) is 0 Å². The SMILES string of the molecule is CCCCC(CC)CC(=O)Nc1cccc(S(=O)(=O)NCCN)c1. The molecule has 1 amide bonds. The van der Waals surface area contributed by atoms with Crippen molar-refractivity contribution in [1.29, 1.82) is 0 Å². The summed E-state index contributed by atoms with van der Waals surface area (Å²) in [6.07, 6.45) is 4.70. The zero-order valence-corrected chi connectivity index (χ0v) is 15.4. The first-order valence-electron chi connectivity index (χ1n) is 8.52. The fourth-order valence-electron chi connectivity index (χ4n) is 2.44. The van der Waals surface area contributed by atoms with Gasteiger partial charge in [0, 0.05) is 25.2 Å². The number of sulfonamides is 1. The lowest BCUT2D eigenvalue weighted by molar-refractivity contribution is -0.117. The molecule has 1 atom stereocenters. The van der Waals surface area contributed by atoms with Gasteiger partial charge < -0.3 is 11.1 Å². The van der Waals surface area contributed by atoms with Crippen LogP contribution in [0.25, 0.3) is 0 Å². The van der Waals surface area contributed by atoms with Gasteiger partial charge in [0.1, 0.15) is 0 Å². The largest absolute Gasteiger partial charge is 0.329 e. The monoisotopic (exact) mass is 355 g/mol. The molecule has 0 spiro atoms. The molecule has 0 radical (unpaired) electrons. The Balaban J connectivity index is 2.71. The summed E-state index contributed by atoms with van der Waals surface area (Å²) in [6.45, 7) is 4.63. The maximum Gasteiger partial charge on any atom is 0.240 e. The van der Waals surface area contributed by atoms with Crippen LogP contribution in [0.3, 0.4) is 0 Å². The van der Waals surface area contributed by atoms with Gasteiger partial charge in [0.2, 0.25) is 15.9 Å². The third-order valence-corrected chi connectivity index (χ3v) is 5.34. The first kappa shape index (κ1) is 20.6. The molecule has 7 heteroatoms. The number of carbonyl (C=O) groups is 1. The van der Waals surface area contributed by atoms with Gasteiger partial charge >= 0.3 is 0 Å². The molecule has 1 aromatic carbocycles. The van der Waals surface area contributed by atoms with E-state index in [1.807, 2.05) is 0 Å². The number of carbonyl (C=O) groups excluding carboxylic acids is 1. The Morgan fingerprint density at radius 3 is 2.67 bits per heavy atom. The van der Waals surface area contributed by atoms with Crippen LogP contribution in [0, 0.1) is 5.92 Å². The Bertz CT molecular complexity index is 617. The lowest BCUT2D eigenvalue weighted by atomic mass is 9.95. The number of benzene rings is 1. The van der Waals surface area contributed by atoms with Crippen LogP contribution < -0.4 is 15.8 Å². The number of amides is 1. The average molecular weight is 356 g/mol. The molecule has 1 rings (SSSR count). The molecule has 0 bridgehead atoms. The number of unbranched alkanes of at least 4 members (excludes halogenated alkanes) is 1. The lowest BCUT2D eigenvalue weighted by Crippen LogP contribution is -2.29. The van der Waals surface area contributed by atoms with Crippen molar-refractivity contribution < 1.29 is 13.2 Å². The topological polar surface area (TPSA) is 101 Å². The number of rotatable bonds is 11. The van der Waals surface area contributed by atoms with Crippen molar-refractivity contribution in [3.63, 3.8) is 0 Å². The van der Waals surface area contributed by atoms with Gasteiger partial charge in [0.25, 0.3) is 0 Å². The van der Waals surface area contributed by atoms with E-state index in [2.05, 4.69) is 23.9 Å². The normalized spacial score (nSPS) is 12.8. The summed E-state index contributed by atoms with van der Waals surface area (Å²) in [5.41, 5.74) is 5.81. The van der Waals surface area contributed by atoms with Crippen molar-refractivity contribution in [2.75, 3.05) is 18.4 Å². The number of hydrogen-bond donors (Lipinski definition) is 3. The van der Waals surface area contributed by atoms with E-state index in [9.17, 15) is 13.2 Å². The van der Waals surface area contributed by atoms with Gasteiger partial charge in [-0.1, -0.05) is 39.2 Å². The van der Waals surface area contributed by atoms with Crippen LogP contribution in [0.1, 0.15) is 46.0 Å². The molecular formula is C17H29N3O3S. The lowest BCUT2D eigenvalue weighted by Gasteiger charge is -2.14. The van der Waals surface area contributed by atoms with Crippen molar-refractivity contribution in [2.24, 2.45) is 11.7 Å². The molecular weight excluding hydrogens is 326 g/mol. The molecule has 0 saturated carbocycles. The highest BCUT2D eigenvalue weighted by Crippen LogP contribution is 2.19. The van der Waals surface area contributed by atoms with Gasteiger partial charge in [0.05, 0.1) is 4.90 Å². The molecule has 1 unspecified atom stereocenters. The van der Waals surface area contributed by atoms with E-state index in [-0.39, 0.29) is 23.9 Å². The number of hydrogen-bond acceptors (Lipinski definition) is 4. The van der Waals surface area contributed by atoms with Crippen LogP contribution in [0.15, 0.2) is 29.2 Å². The Labute approximate surface area is 145 Å². The second-order valence-corrected chi connectivity index (χ2v) is 7.65. The van der Waals surface area contributed by atoms with Crippen LogP contribution >= 0.6 is 0 Å². The fraction of sp³-hybridized carbons (Fsp3) is 0.588. The third-order valence-electron chi connectivity index (χ3n) is 3.88.